The van der Waals surface area contributed by atoms with Gasteiger partial charge in [-0.1, -0.05) is 6.07 Å². The van der Waals surface area contributed by atoms with Crippen molar-refractivity contribution in [1.82, 2.24) is 14.8 Å². The largest absolute Gasteiger partial charge is 0.424 e. The van der Waals surface area contributed by atoms with Gasteiger partial charge in [0.1, 0.15) is 18.1 Å². The summed E-state index contributed by atoms with van der Waals surface area (Å²) in [7, 11) is 0. The maximum Gasteiger partial charge on any atom is 0.321 e. The summed E-state index contributed by atoms with van der Waals surface area (Å²) in [6.45, 7) is -0.650. The van der Waals surface area contributed by atoms with Crippen LogP contribution in [-0.2, 0) is 6.54 Å². The first-order valence-corrected chi connectivity index (χ1v) is 5.66. The molecule has 0 saturated heterocycles. The van der Waals surface area contributed by atoms with Gasteiger partial charge in [0.05, 0.1) is 0 Å². The van der Waals surface area contributed by atoms with Gasteiger partial charge in [0.15, 0.2) is 0 Å². The number of hydrogen-bond donors (Lipinski definition) is 0. The molecule has 0 unspecified atom stereocenters. The predicted octanol–water partition coefficient (Wildman–Crippen LogP) is 3.24. The number of hydrogen-bond acceptors (Lipinski definition) is 3. The van der Waals surface area contributed by atoms with Crippen molar-refractivity contribution in [2.75, 3.05) is 0 Å². The van der Waals surface area contributed by atoms with Gasteiger partial charge in [-0.2, -0.15) is 4.98 Å². The van der Waals surface area contributed by atoms with Gasteiger partial charge in [0.2, 0.25) is 4.73 Å². The van der Waals surface area contributed by atoms with Crippen LogP contribution >= 0.6 is 15.9 Å². The monoisotopic (exact) mass is 321 g/mol. The maximum absolute atomic E-state index is 12.9. The zero-order valence-corrected chi connectivity index (χ0v) is 10.4. The molecule has 0 radical (unpaired) electrons. The Bertz CT molecular complexity index is 547. The van der Waals surface area contributed by atoms with Crippen LogP contribution in [0.15, 0.2) is 29.0 Å². The lowest BCUT2D eigenvalue weighted by molar-refractivity contribution is 0.118. The first-order valence-electron chi connectivity index (χ1n) is 4.86. The Morgan fingerprint density at radius 2 is 2.17 bits per heavy atom. The van der Waals surface area contributed by atoms with Gasteiger partial charge in [-0.05, 0) is 28.1 Å². The highest BCUT2D eigenvalue weighted by Gasteiger charge is 2.15. The van der Waals surface area contributed by atoms with E-state index in [1.165, 1.54) is 18.2 Å². The van der Waals surface area contributed by atoms with E-state index < -0.39 is 18.8 Å². The first kappa shape index (κ1) is 12.9. The van der Waals surface area contributed by atoms with Gasteiger partial charge in [-0.15, -0.1) is 5.10 Å². The third kappa shape index (κ3) is 3.22. The molecule has 4 nitrogen and oxygen atoms in total. The van der Waals surface area contributed by atoms with E-state index >= 15 is 0 Å². The molecule has 1 aromatic carbocycles. The third-order valence-electron chi connectivity index (χ3n) is 1.93. The minimum atomic E-state index is -2.59. The van der Waals surface area contributed by atoms with Crippen LogP contribution in [0.5, 0.6) is 11.8 Å². The normalized spacial score (nSPS) is 10.9. The van der Waals surface area contributed by atoms with Crippen LogP contribution in [0.3, 0.4) is 0 Å². The Kier molecular flexibility index (Phi) is 3.85. The standard InChI is InChI=1S/C10H7BrF3N3O/c11-9-15-10(17(16-9)5-8(13)14)18-7-3-1-2-6(12)4-7/h1-4,8H,5H2. The second-order valence-corrected chi connectivity index (χ2v) is 4.01. The average molecular weight is 322 g/mol. The number of aromatic nitrogens is 3. The molecule has 0 spiro atoms. The van der Waals surface area contributed by atoms with Gasteiger partial charge < -0.3 is 4.74 Å². The second-order valence-electron chi connectivity index (χ2n) is 3.30. The van der Waals surface area contributed by atoms with Crippen LogP contribution in [0, 0.1) is 5.82 Å². The highest BCUT2D eigenvalue weighted by atomic mass is 79.9. The van der Waals surface area contributed by atoms with Crippen LogP contribution < -0.4 is 4.74 Å². The van der Waals surface area contributed by atoms with Gasteiger partial charge in [-0.25, -0.2) is 17.9 Å². The van der Waals surface area contributed by atoms with Crippen molar-refractivity contribution in [1.29, 1.82) is 0 Å². The molecule has 1 aromatic heterocycles. The number of nitrogens with zero attached hydrogens (tertiary/aromatic N) is 3. The van der Waals surface area contributed by atoms with Crippen molar-refractivity contribution in [3.05, 3.63) is 34.8 Å². The zero-order valence-electron chi connectivity index (χ0n) is 8.86. The summed E-state index contributed by atoms with van der Waals surface area (Å²) in [5, 5.41) is 3.69. The average Bonchev–Trinajstić information content (AvgIpc) is 2.58. The molecule has 0 amide bonds. The molecule has 96 valence electrons. The molecule has 2 rings (SSSR count). The van der Waals surface area contributed by atoms with E-state index in [0.717, 1.165) is 10.7 Å². The molecular formula is C10H7BrF3N3O. The lowest BCUT2D eigenvalue weighted by Crippen LogP contribution is -2.09. The highest BCUT2D eigenvalue weighted by Crippen LogP contribution is 2.22. The second kappa shape index (κ2) is 5.38. The Labute approximate surface area is 109 Å². The molecule has 0 aliphatic heterocycles. The van der Waals surface area contributed by atoms with E-state index in [2.05, 4.69) is 26.0 Å². The highest BCUT2D eigenvalue weighted by molar-refractivity contribution is 9.10. The van der Waals surface area contributed by atoms with Gasteiger partial charge in [-0.3, -0.25) is 0 Å². The molecule has 18 heavy (non-hydrogen) atoms. The van der Waals surface area contributed by atoms with E-state index in [1.807, 2.05) is 0 Å². The minimum Gasteiger partial charge on any atom is -0.424 e. The molecule has 8 heteroatoms. The van der Waals surface area contributed by atoms with Crippen LogP contribution in [-0.4, -0.2) is 21.2 Å². The number of rotatable bonds is 4. The molecule has 0 aliphatic carbocycles. The fourth-order valence-electron chi connectivity index (χ4n) is 1.26. The molecule has 0 aliphatic rings. The number of benzene rings is 1. The lowest BCUT2D eigenvalue weighted by Gasteiger charge is -2.06. The summed E-state index contributed by atoms with van der Waals surface area (Å²) in [6.07, 6.45) is -2.59. The fourth-order valence-corrected chi connectivity index (χ4v) is 1.61. The first-order chi connectivity index (χ1) is 8.54. The Balaban J connectivity index is 2.23. The molecule has 0 bridgehead atoms. The van der Waals surface area contributed by atoms with E-state index in [0.29, 0.717) is 0 Å². The van der Waals surface area contributed by atoms with E-state index in [1.54, 1.807) is 0 Å². The molecule has 0 atom stereocenters. The summed E-state index contributed by atoms with van der Waals surface area (Å²) in [4.78, 5) is 3.78. The van der Waals surface area contributed by atoms with Crippen molar-refractivity contribution in [2.24, 2.45) is 0 Å². The van der Waals surface area contributed by atoms with Crippen molar-refractivity contribution in [2.45, 2.75) is 13.0 Å². The van der Waals surface area contributed by atoms with Crippen molar-refractivity contribution in [3.63, 3.8) is 0 Å². The van der Waals surface area contributed by atoms with Gasteiger partial charge >= 0.3 is 6.01 Å². The molecule has 0 N–H and O–H groups in total. The zero-order chi connectivity index (χ0) is 13.1. The Morgan fingerprint density at radius 1 is 1.39 bits per heavy atom. The summed E-state index contributed by atoms with van der Waals surface area (Å²) in [5.41, 5.74) is 0. The summed E-state index contributed by atoms with van der Waals surface area (Å²) in [5.74, 6) is -0.336. The molecule has 0 fully saturated rings. The Hall–Kier alpha value is -1.57. The van der Waals surface area contributed by atoms with Crippen molar-refractivity contribution >= 4 is 15.9 Å². The summed E-state index contributed by atoms with van der Waals surface area (Å²) >= 11 is 2.96. The molecule has 2 aromatic rings. The number of halogens is 4. The summed E-state index contributed by atoms with van der Waals surface area (Å²) in [6, 6.07) is 5.15. The maximum atomic E-state index is 12.9. The molecular weight excluding hydrogens is 315 g/mol. The van der Waals surface area contributed by atoms with Gasteiger partial charge in [0.25, 0.3) is 6.43 Å². The fraction of sp³-hybridized carbons (Fsp3) is 0.200. The van der Waals surface area contributed by atoms with E-state index in [9.17, 15) is 13.2 Å². The van der Waals surface area contributed by atoms with E-state index in [-0.39, 0.29) is 16.5 Å². The smallest absolute Gasteiger partial charge is 0.321 e. The molecule has 0 saturated carbocycles. The third-order valence-corrected chi connectivity index (χ3v) is 2.26. The minimum absolute atomic E-state index is 0.120. The predicted molar refractivity (Wildman–Crippen MR) is 60.2 cm³/mol. The van der Waals surface area contributed by atoms with Crippen LogP contribution in [0.2, 0.25) is 0 Å². The summed E-state index contributed by atoms with van der Waals surface area (Å²) < 4.78 is 43.7. The van der Waals surface area contributed by atoms with Crippen molar-refractivity contribution in [3.8, 4) is 11.8 Å². The lowest BCUT2D eigenvalue weighted by atomic mass is 10.3. The topological polar surface area (TPSA) is 39.9 Å². The van der Waals surface area contributed by atoms with Crippen LogP contribution in [0.4, 0.5) is 13.2 Å². The van der Waals surface area contributed by atoms with Gasteiger partial charge in [0, 0.05) is 6.07 Å². The quantitative estimate of drug-likeness (QED) is 0.868. The molecule has 1 heterocycles. The number of alkyl halides is 2. The van der Waals surface area contributed by atoms with Crippen LogP contribution in [0.25, 0.3) is 0 Å². The Morgan fingerprint density at radius 3 is 2.83 bits per heavy atom. The SMILES string of the molecule is Fc1cccc(Oc2nc(Br)nn2CC(F)F)c1. The van der Waals surface area contributed by atoms with E-state index in [4.69, 9.17) is 4.74 Å². The number of ether oxygens (including phenoxy) is 1. The van der Waals surface area contributed by atoms with Crippen molar-refractivity contribution < 1.29 is 17.9 Å². The van der Waals surface area contributed by atoms with Crippen LogP contribution in [0.1, 0.15) is 0 Å².